The highest BCUT2D eigenvalue weighted by molar-refractivity contribution is 7.99. The molecule has 66 valence electrons. The second kappa shape index (κ2) is 3.71. The fraction of sp³-hybridized carbons (Fsp3) is 0.0909. The van der Waals surface area contributed by atoms with Crippen LogP contribution in [0.5, 0.6) is 0 Å². The zero-order valence-electron chi connectivity index (χ0n) is 7.19. The van der Waals surface area contributed by atoms with Crippen molar-refractivity contribution < 1.29 is 4.42 Å². The number of furan rings is 1. The van der Waals surface area contributed by atoms with Crippen LogP contribution >= 0.6 is 11.8 Å². The van der Waals surface area contributed by atoms with Crippen LogP contribution in [0, 0.1) is 0 Å². The zero-order valence-corrected chi connectivity index (χ0v) is 8.01. The van der Waals surface area contributed by atoms with Gasteiger partial charge in [0.1, 0.15) is 5.58 Å². The van der Waals surface area contributed by atoms with Crippen LogP contribution in [-0.2, 0) is 0 Å². The molecule has 0 aliphatic rings. The van der Waals surface area contributed by atoms with Gasteiger partial charge in [-0.15, -0.1) is 6.58 Å². The van der Waals surface area contributed by atoms with Gasteiger partial charge in [-0.05, 0) is 12.1 Å². The van der Waals surface area contributed by atoms with E-state index in [1.165, 1.54) is 0 Å². The lowest BCUT2D eigenvalue weighted by molar-refractivity contribution is 0.515. The first-order valence-electron chi connectivity index (χ1n) is 4.12. The van der Waals surface area contributed by atoms with E-state index < -0.39 is 0 Å². The number of fused-ring (bicyclic) bond motifs is 1. The van der Waals surface area contributed by atoms with Crippen LogP contribution in [0.15, 0.2) is 52.5 Å². The van der Waals surface area contributed by atoms with Gasteiger partial charge >= 0.3 is 0 Å². The SMILES string of the molecule is C=CCSc1cc2ccccc2o1. The molecule has 0 radical (unpaired) electrons. The minimum atomic E-state index is 0.889. The fourth-order valence-corrected chi connectivity index (χ4v) is 1.81. The molecule has 0 N–H and O–H groups in total. The average molecular weight is 190 g/mol. The summed E-state index contributed by atoms with van der Waals surface area (Å²) in [5, 5.41) is 2.12. The van der Waals surface area contributed by atoms with Gasteiger partial charge in [0.25, 0.3) is 0 Å². The Kier molecular flexibility index (Phi) is 2.41. The average Bonchev–Trinajstić information content (AvgIpc) is 2.57. The summed E-state index contributed by atoms with van der Waals surface area (Å²) >= 11 is 1.66. The molecule has 2 heteroatoms. The summed E-state index contributed by atoms with van der Waals surface area (Å²) in [7, 11) is 0. The number of thioether (sulfide) groups is 1. The molecule has 0 unspecified atom stereocenters. The lowest BCUT2D eigenvalue weighted by Gasteiger charge is -1.88. The largest absolute Gasteiger partial charge is 0.450 e. The van der Waals surface area contributed by atoms with Crippen molar-refractivity contribution in [2.75, 3.05) is 5.75 Å². The summed E-state index contributed by atoms with van der Waals surface area (Å²) in [6, 6.07) is 10.1. The van der Waals surface area contributed by atoms with E-state index >= 15 is 0 Å². The topological polar surface area (TPSA) is 13.1 Å². The highest BCUT2D eigenvalue weighted by Gasteiger charge is 2.01. The Morgan fingerprint density at radius 2 is 2.23 bits per heavy atom. The molecule has 1 nitrogen and oxygen atoms in total. The van der Waals surface area contributed by atoms with Crippen molar-refractivity contribution in [2.24, 2.45) is 0 Å². The first-order chi connectivity index (χ1) is 6.40. The molecule has 0 atom stereocenters. The smallest absolute Gasteiger partial charge is 0.161 e. The van der Waals surface area contributed by atoms with Crippen molar-refractivity contribution >= 4 is 22.7 Å². The minimum Gasteiger partial charge on any atom is -0.450 e. The summed E-state index contributed by atoms with van der Waals surface area (Å²) in [4.78, 5) is 0. The summed E-state index contributed by atoms with van der Waals surface area (Å²) in [6.07, 6.45) is 1.87. The maximum atomic E-state index is 5.59. The predicted octanol–water partition coefficient (Wildman–Crippen LogP) is 3.71. The molecule has 0 aliphatic carbocycles. The van der Waals surface area contributed by atoms with Crippen LogP contribution in [0.1, 0.15) is 0 Å². The maximum absolute atomic E-state index is 5.59. The lowest BCUT2D eigenvalue weighted by atomic mass is 10.3. The van der Waals surface area contributed by atoms with Gasteiger partial charge in [0.2, 0.25) is 0 Å². The molecule has 2 rings (SSSR count). The van der Waals surface area contributed by atoms with E-state index in [4.69, 9.17) is 4.42 Å². The van der Waals surface area contributed by atoms with E-state index in [1.54, 1.807) is 11.8 Å². The van der Waals surface area contributed by atoms with Crippen LogP contribution in [-0.4, -0.2) is 5.75 Å². The van der Waals surface area contributed by atoms with Gasteiger partial charge in [0.15, 0.2) is 5.09 Å². The van der Waals surface area contributed by atoms with Crippen molar-refractivity contribution in [3.63, 3.8) is 0 Å². The van der Waals surface area contributed by atoms with Crippen molar-refractivity contribution in [3.8, 4) is 0 Å². The summed E-state index contributed by atoms with van der Waals surface area (Å²) in [5.74, 6) is 0.889. The first-order valence-corrected chi connectivity index (χ1v) is 5.11. The predicted molar refractivity (Wildman–Crippen MR) is 57.1 cm³/mol. The Morgan fingerprint density at radius 3 is 3.00 bits per heavy atom. The van der Waals surface area contributed by atoms with Crippen molar-refractivity contribution in [1.29, 1.82) is 0 Å². The molecule has 0 amide bonds. The molecule has 0 fully saturated rings. The van der Waals surface area contributed by atoms with Gasteiger partial charge < -0.3 is 4.42 Å². The molecular formula is C11H10OS. The molecular weight excluding hydrogens is 180 g/mol. The molecule has 1 aromatic heterocycles. The third kappa shape index (κ3) is 1.78. The van der Waals surface area contributed by atoms with E-state index in [-0.39, 0.29) is 0 Å². The van der Waals surface area contributed by atoms with Gasteiger partial charge in [0, 0.05) is 11.1 Å². The maximum Gasteiger partial charge on any atom is 0.161 e. The molecule has 1 aromatic carbocycles. The van der Waals surface area contributed by atoms with Crippen LogP contribution in [0.2, 0.25) is 0 Å². The summed E-state index contributed by atoms with van der Waals surface area (Å²) in [5.41, 5.74) is 0.953. The quantitative estimate of drug-likeness (QED) is 0.540. The van der Waals surface area contributed by atoms with Gasteiger partial charge in [-0.3, -0.25) is 0 Å². The standard InChI is InChI=1S/C11H10OS/c1-2-7-13-11-8-9-5-3-4-6-10(9)12-11/h2-6,8H,1,7H2. The monoisotopic (exact) mass is 190 g/mol. The second-order valence-electron chi connectivity index (χ2n) is 2.70. The second-order valence-corrected chi connectivity index (χ2v) is 3.73. The van der Waals surface area contributed by atoms with E-state index in [2.05, 4.69) is 18.7 Å². The molecule has 0 bridgehead atoms. The van der Waals surface area contributed by atoms with Crippen LogP contribution in [0.4, 0.5) is 0 Å². The van der Waals surface area contributed by atoms with Crippen molar-refractivity contribution in [3.05, 3.63) is 43.0 Å². The van der Waals surface area contributed by atoms with Crippen molar-refractivity contribution in [2.45, 2.75) is 5.09 Å². The van der Waals surface area contributed by atoms with E-state index in [1.807, 2.05) is 24.3 Å². The van der Waals surface area contributed by atoms with Crippen LogP contribution in [0.25, 0.3) is 11.0 Å². The number of hydrogen-bond donors (Lipinski definition) is 0. The number of rotatable bonds is 3. The Balaban J connectivity index is 2.32. The highest BCUT2D eigenvalue weighted by atomic mass is 32.2. The van der Waals surface area contributed by atoms with E-state index in [9.17, 15) is 0 Å². The number of benzene rings is 1. The zero-order chi connectivity index (χ0) is 9.10. The Bertz CT molecular complexity index is 384. The molecule has 0 saturated heterocycles. The number of para-hydroxylation sites is 1. The van der Waals surface area contributed by atoms with Gasteiger partial charge in [0.05, 0.1) is 0 Å². The third-order valence-electron chi connectivity index (χ3n) is 1.75. The molecule has 13 heavy (non-hydrogen) atoms. The summed E-state index contributed by atoms with van der Waals surface area (Å²) < 4.78 is 5.59. The van der Waals surface area contributed by atoms with Crippen LogP contribution in [0.3, 0.4) is 0 Å². The van der Waals surface area contributed by atoms with Gasteiger partial charge in [-0.25, -0.2) is 0 Å². The minimum absolute atomic E-state index is 0.889. The summed E-state index contributed by atoms with van der Waals surface area (Å²) in [6.45, 7) is 3.67. The fourth-order valence-electron chi connectivity index (χ4n) is 1.17. The molecule has 2 aromatic rings. The number of hydrogen-bond acceptors (Lipinski definition) is 2. The Labute approximate surface area is 81.4 Å². The van der Waals surface area contributed by atoms with Gasteiger partial charge in [-0.1, -0.05) is 36.0 Å². The third-order valence-corrected chi connectivity index (χ3v) is 2.63. The van der Waals surface area contributed by atoms with Crippen LogP contribution < -0.4 is 0 Å². The Morgan fingerprint density at radius 1 is 1.38 bits per heavy atom. The normalized spacial score (nSPS) is 10.5. The molecule has 0 aliphatic heterocycles. The van der Waals surface area contributed by atoms with Crippen molar-refractivity contribution in [1.82, 2.24) is 0 Å². The Hall–Kier alpha value is -1.15. The van der Waals surface area contributed by atoms with E-state index in [0.29, 0.717) is 0 Å². The molecule has 0 saturated carbocycles. The highest BCUT2D eigenvalue weighted by Crippen LogP contribution is 2.26. The lowest BCUT2D eigenvalue weighted by Crippen LogP contribution is -1.65. The molecule has 0 spiro atoms. The molecule has 1 heterocycles. The van der Waals surface area contributed by atoms with E-state index in [0.717, 1.165) is 21.8 Å². The van der Waals surface area contributed by atoms with Gasteiger partial charge in [-0.2, -0.15) is 0 Å². The first kappa shape index (κ1) is 8.45.